The van der Waals surface area contributed by atoms with Crippen LogP contribution in [0.2, 0.25) is 0 Å². The Kier molecular flexibility index (Phi) is 4.86. The minimum Gasteiger partial charge on any atom is -0.482 e. The predicted octanol–water partition coefficient (Wildman–Crippen LogP) is 2.78. The molecule has 18 heavy (non-hydrogen) atoms. The number of alkyl halides is 1. The van der Waals surface area contributed by atoms with E-state index < -0.39 is 0 Å². The molecule has 1 atom stereocenters. The molecule has 1 aromatic carbocycles. The number of carbonyl (C=O) groups excluding carboxylic acids is 1. The number of ether oxygens (including phenoxy) is 2. The van der Waals surface area contributed by atoms with Crippen molar-refractivity contribution in [3.05, 3.63) is 29.3 Å². The Balaban J connectivity index is 2.03. The first kappa shape index (κ1) is 13.6. The summed E-state index contributed by atoms with van der Waals surface area (Å²) in [5.74, 6) is 1.24. The van der Waals surface area contributed by atoms with E-state index >= 15 is 0 Å². The number of fused-ring (bicyclic) bond motifs is 1. The predicted molar refractivity (Wildman–Crippen MR) is 78.4 cm³/mol. The molecular formula is C14H17IO3. The van der Waals surface area contributed by atoms with E-state index in [0.29, 0.717) is 12.5 Å². The molecule has 0 heterocycles. The Bertz CT molecular complexity index is 431. The molecule has 98 valence electrons. The minimum absolute atomic E-state index is 0.000799. The van der Waals surface area contributed by atoms with Gasteiger partial charge in [-0.2, -0.15) is 0 Å². The lowest BCUT2D eigenvalue weighted by Gasteiger charge is -2.10. The maximum atomic E-state index is 11.3. The van der Waals surface area contributed by atoms with Crippen molar-refractivity contribution < 1.29 is 14.3 Å². The topological polar surface area (TPSA) is 35.5 Å². The van der Waals surface area contributed by atoms with Gasteiger partial charge in [-0.05, 0) is 42.9 Å². The first-order valence-corrected chi connectivity index (χ1v) is 7.72. The van der Waals surface area contributed by atoms with Crippen molar-refractivity contribution in [3.8, 4) is 5.75 Å². The average Bonchev–Trinajstić information content (AvgIpc) is 2.80. The fourth-order valence-corrected chi connectivity index (χ4v) is 2.91. The van der Waals surface area contributed by atoms with Crippen LogP contribution in [0.1, 0.15) is 18.1 Å². The van der Waals surface area contributed by atoms with Gasteiger partial charge in [-0.15, -0.1) is 0 Å². The number of halogens is 1. The van der Waals surface area contributed by atoms with Gasteiger partial charge in [0.2, 0.25) is 0 Å². The summed E-state index contributed by atoms with van der Waals surface area (Å²) in [5, 5.41) is 0. The van der Waals surface area contributed by atoms with E-state index in [2.05, 4.69) is 28.7 Å². The Morgan fingerprint density at radius 1 is 1.44 bits per heavy atom. The van der Waals surface area contributed by atoms with E-state index in [1.54, 1.807) is 6.92 Å². The van der Waals surface area contributed by atoms with Crippen LogP contribution in [0.15, 0.2) is 18.2 Å². The summed E-state index contributed by atoms with van der Waals surface area (Å²) in [7, 11) is 0. The highest BCUT2D eigenvalue weighted by molar-refractivity contribution is 14.1. The summed E-state index contributed by atoms with van der Waals surface area (Å²) >= 11 is 2.43. The van der Waals surface area contributed by atoms with Crippen molar-refractivity contribution >= 4 is 28.6 Å². The number of carbonyl (C=O) groups is 1. The molecular weight excluding hydrogens is 343 g/mol. The number of hydrogen-bond donors (Lipinski definition) is 0. The van der Waals surface area contributed by atoms with Gasteiger partial charge in [-0.1, -0.05) is 34.7 Å². The normalized spacial score (nSPS) is 17.3. The van der Waals surface area contributed by atoms with Gasteiger partial charge in [0.1, 0.15) is 5.75 Å². The zero-order valence-electron chi connectivity index (χ0n) is 10.4. The van der Waals surface area contributed by atoms with Crippen molar-refractivity contribution in [1.29, 1.82) is 0 Å². The molecule has 0 aromatic heterocycles. The average molecular weight is 360 g/mol. The van der Waals surface area contributed by atoms with Crippen molar-refractivity contribution in [1.82, 2.24) is 0 Å². The van der Waals surface area contributed by atoms with Gasteiger partial charge < -0.3 is 9.47 Å². The molecule has 0 N–H and O–H groups in total. The molecule has 3 nitrogen and oxygen atoms in total. The second-order valence-corrected chi connectivity index (χ2v) is 5.30. The first-order valence-electron chi connectivity index (χ1n) is 6.19. The van der Waals surface area contributed by atoms with Crippen LogP contribution in [0.3, 0.4) is 0 Å². The van der Waals surface area contributed by atoms with Gasteiger partial charge in [0, 0.05) is 4.43 Å². The molecule has 1 aliphatic rings. The highest BCUT2D eigenvalue weighted by atomic mass is 127. The quantitative estimate of drug-likeness (QED) is 0.460. The Morgan fingerprint density at radius 3 is 3.00 bits per heavy atom. The van der Waals surface area contributed by atoms with E-state index in [-0.39, 0.29) is 12.6 Å². The van der Waals surface area contributed by atoms with E-state index in [9.17, 15) is 4.79 Å². The fourth-order valence-electron chi connectivity index (χ4n) is 2.29. The smallest absolute Gasteiger partial charge is 0.344 e. The lowest BCUT2D eigenvalue weighted by Crippen LogP contribution is -2.15. The first-order chi connectivity index (χ1) is 8.74. The number of rotatable bonds is 5. The summed E-state index contributed by atoms with van der Waals surface area (Å²) in [4.78, 5) is 11.3. The third-order valence-corrected chi connectivity index (χ3v) is 4.35. The summed E-state index contributed by atoms with van der Waals surface area (Å²) in [6.45, 7) is 2.19. The summed E-state index contributed by atoms with van der Waals surface area (Å²) in [6, 6.07) is 6.08. The molecule has 0 aliphatic heterocycles. The van der Waals surface area contributed by atoms with Crippen LogP contribution < -0.4 is 4.74 Å². The van der Waals surface area contributed by atoms with E-state index in [1.807, 2.05) is 12.1 Å². The molecule has 0 saturated heterocycles. The summed E-state index contributed by atoms with van der Waals surface area (Å²) < 4.78 is 11.6. The highest BCUT2D eigenvalue weighted by Crippen LogP contribution is 2.34. The molecule has 4 heteroatoms. The molecule has 0 saturated carbocycles. The van der Waals surface area contributed by atoms with Gasteiger partial charge >= 0.3 is 5.97 Å². The van der Waals surface area contributed by atoms with Crippen molar-refractivity contribution in [2.45, 2.75) is 19.8 Å². The van der Waals surface area contributed by atoms with Crippen LogP contribution >= 0.6 is 22.6 Å². The lowest BCUT2D eigenvalue weighted by atomic mass is 10.1. The molecule has 0 fully saturated rings. The van der Waals surface area contributed by atoms with E-state index in [0.717, 1.165) is 23.0 Å². The Labute approximate surface area is 121 Å². The van der Waals surface area contributed by atoms with Crippen molar-refractivity contribution in [2.75, 3.05) is 17.6 Å². The van der Waals surface area contributed by atoms with Crippen LogP contribution in [-0.4, -0.2) is 23.6 Å². The van der Waals surface area contributed by atoms with Gasteiger partial charge in [0.15, 0.2) is 6.61 Å². The SMILES string of the molecule is CCOC(=O)COc1cccc2c1CC(CI)C2. The zero-order chi connectivity index (χ0) is 13.0. The highest BCUT2D eigenvalue weighted by Gasteiger charge is 2.23. The largest absolute Gasteiger partial charge is 0.482 e. The molecule has 1 aromatic rings. The monoisotopic (exact) mass is 360 g/mol. The zero-order valence-corrected chi connectivity index (χ0v) is 12.6. The molecule has 0 spiro atoms. The van der Waals surface area contributed by atoms with Crippen LogP contribution in [0.25, 0.3) is 0 Å². The minimum atomic E-state index is -0.307. The second-order valence-electron chi connectivity index (χ2n) is 4.42. The van der Waals surface area contributed by atoms with Crippen LogP contribution in [0.4, 0.5) is 0 Å². The van der Waals surface area contributed by atoms with Crippen LogP contribution in [0.5, 0.6) is 5.75 Å². The Morgan fingerprint density at radius 2 is 2.28 bits per heavy atom. The van der Waals surface area contributed by atoms with Crippen molar-refractivity contribution in [2.24, 2.45) is 5.92 Å². The third kappa shape index (κ3) is 3.16. The molecule has 2 rings (SSSR count). The van der Waals surface area contributed by atoms with Crippen molar-refractivity contribution in [3.63, 3.8) is 0 Å². The van der Waals surface area contributed by atoms with Crippen LogP contribution in [0, 0.1) is 5.92 Å². The molecule has 1 aliphatic carbocycles. The van der Waals surface area contributed by atoms with E-state index in [4.69, 9.17) is 9.47 Å². The maximum absolute atomic E-state index is 11.3. The molecule has 0 bridgehead atoms. The number of benzene rings is 1. The summed E-state index contributed by atoms with van der Waals surface area (Å²) in [6.07, 6.45) is 2.17. The maximum Gasteiger partial charge on any atom is 0.344 e. The fraction of sp³-hybridized carbons (Fsp3) is 0.500. The summed E-state index contributed by atoms with van der Waals surface area (Å²) in [5.41, 5.74) is 2.63. The third-order valence-electron chi connectivity index (χ3n) is 3.10. The Hall–Kier alpha value is -0.780. The number of hydrogen-bond acceptors (Lipinski definition) is 3. The van der Waals surface area contributed by atoms with Crippen LogP contribution in [-0.2, 0) is 22.4 Å². The lowest BCUT2D eigenvalue weighted by molar-refractivity contribution is -0.145. The standard InChI is InChI=1S/C14H17IO3/c1-2-17-14(16)9-18-13-5-3-4-11-6-10(8-15)7-12(11)13/h3-5,10H,2,6-9H2,1H3. The van der Waals surface area contributed by atoms with Gasteiger partial charge in [-0.3, -0.25) is 0 Å². The molecule has 0 amide bonds. The molecule has 1 unspecified atom stereocenters. The van der Waals surface area contributed by atoms with Gasteiger partial charge in [0.25, 0.3) is 0 Å². The number of esters is 1. The van der Waals surface area contributed by atoms with Gasteiger partial charge in [0.05, 0.1) is 6.61 Å². The van der Waals surface area contributed by atoms with E-state index in [1.165, 1.54) is 11.1 Å². The van der Waals surface area contributed by atoms with Gasteiger partial charge in [-0.25, -0.2) is 4.79 Å². The second kappa shape index (κ2) is 6.41. The molecule has 0 radical (unpaired) electrons.